The Balaban J connectivity index is 1.71. The highest BCUT2D eigenvalue weighted by Gasteiger charge is 2.61. The minimum atomic E-state index is -3.67. The van der Waals surface area contributed by atoms with Crippen LogP contribution in [0.4, 0.5) is 0 Å². The number of rotatable bonds is 5. The van der Waals surface area contributed by atoms with Crippen LogP contribution >= 0.6 is 0 Å². The minimum absolute atomic E-state index is 0.0152. The Morgan fingerprint density at radius 3 is 2.30 bits per heavy atom. The lowest BCUT2D eigenvalue weighted by molar-refractivity contribution is -0.0934. The van der Waals surface area contributed by atoms with Crippen LogP contribution in [0.1, 0.15) is 48.1 Å². The topological polar surface area (TPSA) is 77.8 Å². The zero-order chi connectivity index (χ0) is 23.5. The van der Waals surface area contributed by atoms with Crippen molar-refractivity contribution in [3.8, 4) is 17.0 Å². The van der Waals surface area contributed by atoms with Gasteiger partial charge in [-0.3, -0.25) is 0 Å². The SMILES string of the molecule is COc1ccc([C@H]2C[C@@H]3c4cc(-c5ccccc5)n(S(C)(=O)=O)c4[C@H](O)[C@@H]2[C@@]3(C)OC)cc1. The highest BCUT2D eigenvalue weighted by atomic mass is 32.2. The molecular weight excluding hydrogens is 438 g/mol. The van der Waals surface area contributed by atoms with E-state index in [1.807, 2.05) is 67.6 Å². The van der Waals surface area contributed by atoms with Crippen LogP contribution < -0.4 is 4.74 Å². The number of aliphatic hydroxyl groups excluding tert-OH is 1. The molecule has 1 heterocycles. The van der Waals surface area contributed by atoms with Crippen LogP contribution in [0.2, 0.25) is 0 Å². The molecule has 1 saturated carbocycles. The van der Waals surface area contributed by atoms with Gasteiger partial charge in [-0.15, -0.1) is 0 Å². The van der Waals surface area contributed by atoms with Crippen LogP contribution in [0.25, 0.3) is 11.3 Å². The third-order valence-electron chi connectivity index (χ3n) is 7.68. The molecule has 0 aliphatic heterocycles. The van der Waals surface area contributed by atoms with E-state index in [-0.39, 0.29) is 17.8 Å². The van der Waals surface area contributed by atoms with Gasteiger partial charge < -0.3 is 14.6 Å². The molecule has 6 nitrogen and oxygen atoms in total. The van der Waals surface area contributed by atoms with Crippen molar-refractivity contribution in [2.75, 3.05) is 20.5 Å². The molecule has 3 aromatic rings. The van der Waals surface area contributed by atoms with E-state index in [0.29, 0.717) is 11.4 Å². The van der Waals surface area contributed by atoms with Crippen molar-refractivity contribution < 1.29 is 23.0 Å². The third kappa shape index (κ3) is 3.25. The summed E-state index contributed by atoms with van der Waals surface area (Å²) < 4.78 is 38.7. The molecule has 0 radical (unpaired) electrons. The second-order valence-corrected chi connectivity index (χ2v) is 11.1. The lowest BCUT2D eigenvalue weighted by Crippen LogP contribution is -2.45. The fraction of sp³-hybridized carbons (Fsp3) is 0.385. The van der Waals surface area contributed by atoms with E-state index in [9.17, 15) is 13.5 Å². The minimum Gasteiger partial charge on any atom is -0.497 e. The van der Waals surface area contributed by atoms with Gasteiger partial charge in [-0.2, -0.15) is 0 Å². The molecule has 5 atom stereocenters. The lowest BCUT2D eigenvalue weighted by atomic mass is 9.71. The maximum atomic E-state index is 13.0. The molecule has 33 heavy (non-hydrogen) atoms. The molecule has 0 amide bonds. The monoisotopic (exact) mass is 467 g/mol. The number of aromatic nitrogens is 1. The Morgan fingerprint density at radius 1 is 1.06 bits per heavy atom. The average molecular weight is 468 g/mol. The summed E-state index contributed by atoms with van der Waals surface area (Å²) in [6.45, 7) is 2.04. The molecule has 0 unspecified atom stereocenters. The molecule has 1 aromatic heterocycles. The predicted molar refractivity (Wildman–Crippen MR) is 127 cm³/mol. The van der Waals surface area contributed by atoms with Crippen molar-refractivity contribution in [1.29, 1.82) is 0 Å². The van der Waals surface area contributed by atoms with Crippen LogP contribution in [0.5, 0.6) is 5.75 Å². The Morgan fingerprint density at radius 2 is 1.73 bits per heavy atom. The number of methoxy groups -OCH3 is 2. The van der Waals surface area contributed by atoms with Crippen LogP contribution in [-0.4, -0.2) is 43.6 Å². The number of hydrogen-bond acceptors (Lipinski definition) is 5. The first-order valence-corrected chi connectivity index (χ1v) is 12.9. The molecule has 174 valence electrons. The summed E-state index contributed by atoms with van der Waals surface area (Å²) in [6, 6.07) is 19.3. The number of ether oxygens (including phenoxy) is 2. The zero-order valence-electron chi connectivity index (χ0n) is 19.2. The lowest BCUT2D eigenvalue weighted by Gasteiger charge is -2.43. The van der Waals surface area contributed by atoms with E-state index in [1.54, 1.807) is 14.2 Å². The molecule has 5 rings (SSSR count). The summed E-state index contributed by atoms with van der Waals surface area (Å²) in [7, 11) is -0.354. The second kappa shape index (κ2) is 7.72. The summed E-state index contributed by atoms with van der Waals surface area (Å²) in [5, 5.41) is 11.8. The Kier molecular flexibility index (Phi) is 5.19. The van der Waals surface area contributed by atoms with Crippen LogP contribution in [0.15, 0.2) is 60.7 Å². The van der Waals surface area contributed by atoms with E-state index < -0.39 is 21.7 Å². The number of hydrogen-bond donors (Lipinski definition) is 1. The largest absolute Gasteiger partial charge is 0.497 e. The molecule has 7 heteroatoms. The number of fused-ring (bicyclic) bond motifs is 4. The summed E-state index contributed by atoms with van der Waals surface area (Å²) in [4.78, 5) is 0. The zero-order valence-corrected chi connectivity index (χ0v) is 20.0. The van der Waals surface area contributed by atoms with Gasteiger partial charge in [0.25, 0.3) is 0 Å². The first-order chi connectivity index (χ1) is 15.7. The van der Waals surface area contributed by atoms with Gasteiger partial charge in [0.1, 0.15) is 11.9 Å². The normalized spacial score (nSPS) is 28.5. The van der Waals surface area contributed by atoms with E-state index in [1.165, 1.54) is 10.2 Å². The van der Waals surface area contributed by atoms with Crippen molar-refractivity contribution in [2.24, 2.45) is 5.92 Å². The van der Waals surface area contributed by atoms with E-state index in [4.69, 9.17) is 9.47 Å². The fourth-order valence-electron chi connectivity index (χ4n) is 6.14. The van der Waals surface area contributed by atoms with Crippen LogP contribution in [0.3, 0.4) is 0 Å². The van der Waals surface area contributed by atoms with Crippen LogP contribution in [0, 0.1) is 5.92 Å². The van der Waals surface area contributed by atoms with E-state index in [0.717, 1.165) is 28.9 Å². The number of aliphatic hydroxyl groups is 1. The van der Waals surface area contributed by atoms with Crippen LogP contribution in [-0.2, 0) is 14.8 Å². The molecule has 2 bridgehead atoms. The Hall–Kier alpha value is -2.61. The highest BCUT2D eigenvalue weighted by molar-refractivity contribution is 7.89. The molecule has 0 spiro atoms. The first-order valence-electron chi connectivity index (χ1n) is 11.1. The molecule has 1 fully saturated rings. The van der Waals surface area contributed by atoms with Crippen molar-refractivity contribution in [1.82, 2.24) is 3.97 Å². The van der Waals surface area contributed by atoms with Crippen molar-refractivity contribution >= 4 is 10.0 Å². The summed E-state index contributed by atoms with van der Waals surface area (Å²) in [5.74, 6) is 0.436. The molecule has 0 saturated heterocycles. The molecule has 2 aromatic carbocycles. The Labute approximate surface area is 194 Å². The highest BCUT2D eigenvalue weighted by Crippen LogP contribution is 2.64. The molecule has 2 aliphatic rings. The van der Waals surface area contributed by atoms with Gasteiger partial charge in [0.15, 0.2) is 0 Å². The molecule has 2 aliphatic carbocycles. The van der Waals surface area contributed by atoms with Crippen molar-refractivity contribution in [3.63, 3.8) is 0 Å². The van der Waals surface area contributed by atoms with Gasteiger partial charge in [-0.1, -0.05) is 42.5 Å². The quantitative estimate of drug-likeness (QED) is 0.605. The standard InChI is InChI=1S/C26H29NO5S/c1-26(32-3)21-14-19(16-10-12-18(31-2)13-11-16)23(26)25(28)24-20(21)15-22(27(24)33(4,29)30)17-8-6-5-7-9-17/h5-13,15,19,21,23,25,28H,14H2,1-4H3/t19-,21-,23-,25-,26+/m1/s1. The Bertz CT molecular complexity index is 1280. The number of benzene rings is 2. The van der Waals surface area contributed by atoms with Crippen molar-refractivity contribution in [2.45, 2.75) is 36.9 Å². The molecule has 1 N–H and O–H groups in total. The smallest absolute Gasteiger partial charge is 0.236 e. The summed E-state index contributed by atoms with van der Waals surface area (Å²) in [5.41, 5.74) is 3.15. The van der Waals surface area contributed by atoms with Gasteiger partial charge in [0, 0.05) is 18.9 Å². The maximum Gasteiger partial charge on any atom is 0.236 e. The fourth-order valence-corrected chi connectivity index (χ4v) is 7.23. The van der Waals surface area contributed by atoms with E-state index >= 15 is 0 Å². The average Bonchev–Trinajstić information content (AvgIpc) is 3.32. The first kappa shape index (κ1) is 22.2. The summed E-state index contributed by atoms with van der Waals surface area (Å²) in [6.07, 6.45) is 0.954. The van der Waals surface area contributed by atoms with Gasteiger partial charge in [-0.05, 0) is 54.2 Å². The predicted octanol–water partition coefficient (Wildman–Crippen LogP) is 4.31. The van der Waals surface area contributed by atoms with E-state index in [2.05, 4.69) is 0 Å². The van der Waals surface area contributed by atoms with Gasteiger partial charge >= 0.3 is 0 Å². The molecular formula is C26H29NO5S. The van der Waals surface area contributed by atoms with Gasteiger partial charge in [0.2, 0.25) is 10.0 Å². The maximum absolute atomic E-state index is 13.0. The third-order valence-corrected chi connectivity index (χ3v) is 8.74. The summed E-state index contributed by atoms with van der Waals surface area (Å²) >= 11 is 0. The van der Waals surface area contributed by atoms with Crippen molar-refractivity contribution in [3.05, 3.63) is 77.5 Å². The second-order valence-electron chi connectivity index (χ2n) is 9.29. The van der Waals surface area contributed by atoms with Gasteiger partial charge in [0.05, 0.1) is 30.4 Å². The number of nitrogens with zero attached hydrogens (tertiary/aromatic N) is 1. The van der Waals surface area contributed by atoms with Gasteiger partial charge in [-0.25, -0.2) is 12.4 Å².